The van der Waals surface area contributed by atoms with Gasteiger partial charge < -0.3 is 15.0 Å². The van der Waals surface area contributed by atoms with Gasteiger partial charge in [-0.05, 0) is 39.9 Å². The normalized spacial score (nSPS) is 13.4. The van der Waals surface area contributed by atoms with Crippen molar-refractivity contribution in [2.75, 3.05) is 39.9 Å². The molecule has 0 aliphatic rings. The molecule has 92 valence electrons. The highest BCUT2D eigenvalue weighted by molar-refractivity contribution is 4.64. The van der Waals surface area contributed by atoms with Crippen molar-refractivity contribution in [3.63, 3.8) is 0 Å². The van der Waals surface area contributed by atoms with Crippen LogP contribution in [0.4, 0.5) is 0 Å². The van der Waals surface area contributed by atoms with Crippen molar-refractivity contribution >= 4 is 0 Å². The molecule has 1 N–H and O–H groups in total. The van der Waals surface area contributed by atoms with Gasteiger partial charge in [0.15, 0.2) is 0 Å². The second-order valence-electron chi connectivity index (χ2n) is 4.18. The molecule has 0 rings (SSSR count). The molecule has 0 heterocycles. The van der Waals surface area contributed by atoms with E-state index in [0.29, 0.717) is 6.04 Å². The first-order valence-corrected chi connectivity index (χ1v) is 6.20. The predicted molar refractivity (Wildman–Crippen MR) is 66.4 cm³/mol. The van der Waals surface area contributed by atoms with Crippen molar-refractivity contribution in [2.45, 2.75) is 39.7 Å². The van der Waals surface area contributed by atoms with Crippen LogP contribution in [0.2, 0.25) is 0 Å². The molecule has 0 aromatic rings. The van der Waals surface area contributed by atoms with Crippen LogP contribution < -0.4 is 5.32 Å². The molecule has 3 heteroatoms. The molecule has 0 spiro atoms. The maximum atomic E-state index is 5.42. The maximum absolute atomic E-state index is 5.42. The summed E-state index contributed by atoms with van der Waals surface area (Å²) in [5.74, 6) is 0. The van der Waals surface area contributed by atoms with Gasteiger partial charge in [-0.2, -0.15) is 0 Å². The molecule has 0 bridgehead atoms. The highest BCUT2D eigenvalue weighted by atomic mass is 16.5. The summed E-state index contributed by atoms with van der Waals surface area (Å²) in [5, 5.41) is 3.50. The Bertz CT molecular complexity index is 131. The standard InChI is InChI=1S/C12H28N2O/c1-5-9-15-10-7-8-13-12(3)11-14(4)6-2/h12-13H,5-11H2,1-4H3. The highest BCUT2D eigenvalue weighted by Gasteiger charge is 2.03. The van der Waals surface area contributed by atoms with Gasteiger partial charge in [0, 0.05) is 25.8 Å². The first-order chi connectivity index (χ1) is 7.20. The molecule has 0 saturated carbocycles. The van der Waals surface area contributed by atoms with Crippen LogP contribution in [0.1, 0.15) is 33.6 Å². The van der Waals surface area contributed by atoms with Gasteiger partial charge in [-0.25, -0.2) is 0 Å². The molecule has 3 nitrogen and oxygen atoms in total. The van der Waals surface area contributed by atoms with E-state index in [9.17, 15) is 0 Å². The van der Waals surface area contributed by atoms with Crippen LogP contribution in [-0.4, -0.2) is 50.8 Å². The molecular formula is C12H28N2O. The summed E-state index contributed by atoms with van der Waals surface area (Å²) in [6, 6.07) is 0.570. The molecule has 0 radical (unpaired) electrons. The van der Waals surface area contributed by atoms with E-state index in [1.54, 1.807) is 0 Å². The number of hydrogen-bond acceptors (Lipinski definition) is 3. The molecule has 15 heavy (non-hydrogen) atoms. The number of nitrogens with one attached hydrogen (secondary N) is 1. The van der Waals surface area contributed by atoms with Gasteiger partial charge in [0.1, 0.15) is 0 Å². The molecule has 0 fully saturated rings. The van der Waals surface area contributed by atoms with E-state index in [-0.39, 0.29) is 0 Å². The Morgan fingerprint density at radius 2 is 2.00 bits per heavy atom. The van der Waals surface area contributed by atoms with Gasteiger partial charge in [0.05, 0.1) is 0 Å². The van der Waals surface area contributed by atoms with Gasteiger partial charge in [0.25, 0.3) is 0 Å². The number of likely N-dealkylation sites (N-methyl/N-ethyl adjacent to an activating group) is 1. The Hall–Kier alpha value is -0.120. The maximum Gasteiger partial charge on any atom is 0.0478 e. The summed E-state index contributed by atoms with van der Waals surface area (Å²) in [5.41, 5.74) is 0. The minimum atomic E-state index is 0.570. The molecule has 0 amide bonds. The van der Waals surface area contributed by atoms with Crippen molar-refractivity contribution < 1.29 is 4.74 Å². The second-order valence-corrected chi connectivity index (χ2v) is 4.18. The van der Waals surface area contributed by atoms with Crippen molar-refractivity contribution in [3.8, 4) is 0 Å². The average Bonchev–Trinajstić information content (AvgIpc) is 2.23. The van der Waals surface area contributed by atoms with Gasteiger partial charge in [-0.3, -0.25) is 0 Å². The lowest BCUT2D eigenvalue weighted by Crippen LogP contribution is -2.38. The summed E-state index contributed by atoms with van der Waals surface area (Å²) in [6.07, 6.45) is 2.23. The van der Waals surface area contributed by atoms with E-state index in [1.807, 2.05) is 0 Å². The van der Waals surface area contributed by atoms with Crippen LogP contribution in [0.25, 0.3) is 0 Å². The fraction of sp³-hybridized carbons (Fsp3) is 1.00. The third-order valence-electron chi connectivity index (χ3n) is 2.43. The summed E-state index contributed by atoms with van der Waals surface area (Å²) in [6.45, 7) is 11.6. The third-order valence-corrected chi connectivity index (χ3v) is 2.43. The Morgan fingerprint density at radius 1 is 1.27 bits per heavy atom. The van der Waals surface area contributed by atoms with E-state index in [2.05, 4.69) is 38.0 Å². The first-order valence-electron chi connectivity index (χ1n) is 6.20. The van der Waals surface area contributed by atoms with Crippen molar-refractivity contribution in [3.05, 3.63) is 0 Å². The molecule has 0 aromatic carbocycles. The largest absolute Gasteiger partial charge is 0.381 e. The molecule has 0 aromatic heterocycles. The van der Waals surface area contributed by atoms with Crippen LogP contribution >= 0.6 is 0 Å². The number of nitrogens with zero attached hydrogens (tertiary/aromatic N) is 1. The van der Waals surface area contributed by atoms with Gasteiger partial charge in [0.2, 0.25) is 0 Å². The minimum Gasteiger partial charge on any atom is -0.381 e. The monoisotopic (exact) mass is 216 g/mol. The zero-order valence-corrected chi connectivity index (χ0v) is 10.9. The highest BCUT2D eigenvalue weighted by Crippen LogP contribution is 1.89. The summed E-state index contributed by atoms with van der Waals surface area (Å²) < 4.78 is 5.42. The molecular weight excluding hydrogens is 188 g/mol. The smallest absolute Gasteiger partial charge is 0.0478 e. The minimum absolute atomic E-state index is 0.570. The fourth-order valence-electron chi connectivity index (χ4n) is 1.43. The first kappa shape index (κ1) is 14.9. The third kappa shape index (κ3) is 10.2. The van der Waals surface area contributed by atoms with Crippen molar-refractivity contribution in [1.82, 2.24) is 10.2 Å². The lowest BCUT2D eigenvalue weighted by atomic mass is 10.3. The van der Waals surface area contributed by atoms with E-state index in [4.69, 9.17) is 4.74 Å². The topological polar surface area (TPSA) is 24.5 Å². The summed E-state index contributed by atoms with van der Waals surface area (Å²) >= 11 is 0. The van der Waals surface area contributed by atoms with Crippen LogP contribution in [0.15, 0.2) is 0 Å². The van der Waals surface area contributed by atoms with E-state index in [1.165, 1.54) is 0 Å². The lowest BCUT2D eigenvalue weighted by molar-refractivity contribution is 0.131. The zero-order valence-electron chi connectivity index (χ0n) is 10.9. The van der Waals surface area contributed by atoms with Crippen LogP contribution in [-0.2, 0) is 4.74 Å². The van der Waals surface area contributed by atoms with Crippen LogP contribution in [0.5, 0.6) is 0 Å². The zero-order chi connectivity index (χ0) is 11.5. The molecule has 1 atom stereocenters. The lowest BCUT2D eigenvalue weighted by Gasteiger charge is -2.20. The SMILES string of the molecule is CCCOCCCNC(C)CN(C)CC. The van der Waals surface area contributed by atoms with Crippen LogP contribution in [0.3, 0.4) is 0 Å². The van der Waals surface area contributed by atoms with E-state index >= 15 is 0 Å². The molecule has 0 aliphatic heterocycles. The van der Waals surface area contributed by atoms with E-state index in [0.717, 1.165) is 45.7 Å². The molecule has 1 unspecified atom stereocenters. The number of hydrogen-bond donors (Lipinski definition) is 1. The average molecular weight is 216 g/mol. The molecule has 0 saturated heterocycles. The Balaban J connectivity index is 3.20. The number of rotatable bonds is 10. The quantitative estimate of drug-likeness (QED) is 0.563. The summed E-state index contributed by atoms with van der Waals surface area (Å²) in [4.78, 5) is 2.32. The van der Waals surface area contributed by atoms with Crippen molar-refractivity contribution in [2.24, 2.45) is 0 Å². The van der Waals surface area contributed by atoms with Gasteiger partial charge in [-0.15, -0.1) is 0 Å². The second kappa shape index (κ2) is 10.4. The van der Waals surface area contributed by atoms with Crippen LogP contribution in [0, 0.1) is 0 Å². The Kier molecular flexibility index (Phi) is 10.3. The van der Waals surface area contributed by atoms with Crippen molar-refractivity contribution in [1.29, 1.82) is 0 Å². The number of ether oxygens (including phenoxy) is 1. The van der Waals surface area contributed by atoms with E-state index < -0.39 is 0 Å². The molecule has 0 aliphatic carbocycles. The fourth-order valence-corrected chi connectivity index (χ4v) is 1.43. The predicted octanol–water partition coefficient (Wildman–Crippen LogP) is 1.73. The van der Waals surface area contributed by atoms with Gasteiger partial charge in [-0.1, -0.05) is 13.8 Å². The Labute approximate surface area is 95.2 Å². The summed E-state index contributed by atoms with van der Waals surface area (Å²) in [7, 11) is 2.16. The van der Waals surface area contributed by atoms with Gasteiger partial charge >= 0.3 is 0 Å². The Morgan fingerprint density at radius 3 is 2.60 bits per heavy atom.